The van der Waals surface area contributed by atoms with Crippen molar-refractivity contribution in [2.75, 3.05) is 7.05 Å². The molecule has 0 bridgehead atoms. The Kier molecular flexibility index (Phi) is 6.27. The largest absolute Gasteiger partial charge is 0.340 e. The zero-order valence-electron chi connectivity index (χ0n) is 26.3. The molecule has 3 heteroatoms. The van der Waals surface area contributed by atoms with Gasteiger partial charge in [0.1, 0.15) is 12.0 Å². The SMILES string of the molecule is CC1C=CC2c3ccccc3C3(C4=C(C=CCC4)C4=C3CC(C3N=C(c5ccccc5)N=C(C5C=CC=CC5)N3C)C=C4)C2C1. The van der Waals surface area contributed by atoms with E-state index in [2.05, 4.69) is 134 Å². The number of benzene rings is 2. The lowest BCUT2D eigenvalue weighted by atomic mass is 9.59. The van der Waals surface area contributed by atoms with E-state index in [4.69, 9.17) is 9.98 Å². The van der Waals surface area contributed by atoms with Crippen molar-refractivity contribution in [1.82, 2.24) is 4.90 Å². The molecule has 0 N–H and O–H groups in total. The Labute approximate surface area is 267 Å². The summed E-state index contributed by atoms with van der Waals surface area (Å²) >= 11 is 0. The molecule has 7 unspecified atom stereocenters. The smallest absolute Gasteiger partial charge is 0.158 e. The molecule has 0 radical (unpaired) electrons. The first-order chi connectivity index (χ1) is 22.1. The average molecular weight is 588 g/mol. The second-order valence-electron chi connectivity index (χ2n) is 14.0. The summed E-state index contributed by atoms with van der Waals surface area (Å²) in [6.07, 6.45) is 29.3. The molecule has 0 amide bonds. The number of aliphatic imine (C=N–C) groups is 2. The van der Waals surface area contributed by atoms with Crippen molar-refractivity contribution in [2.45, 2.75) is 56.5 Å². The summed E-state index contributed by atoms with van der Waals surface area (Å²) < 4.78 is 0. The van der Waals surface area contributed by atoms with Crippen LogP contribution in [0.4, 0.5) is 0 Å². The number of nitrogens with zero attached hydrogens (tertiary/aromatic N) is 3. The molecule has 1 spiro atoms. The molecule has 2 aromatic carbocycles. The third-order valence-electron chi connectivity index (χ3n) is 11.7. The molecule has 7 atom stereocenters. The summed E-state index contributed by atoms with van der Waals surface area (Å²) in [5, 5.41) is 0. The van der Waals surface area contributed by atoms with Gasteiger partial charge in [-0.1, -0.05) is 122 Å². The maximum Gasteiger partial charge on any atom is 0.158 e. The van der Waals surface area contributed by atoms with E-state index in [9.17, 15) is 0 Å². The number of fused-ring (bicyclic) bond motifs is 8. The van der Waals surface area contributed by atoms with Gasteiger partial charge in [-0.25, -0.2) is 9.98 Å². The van der Waals surface area contributed by atoms with Crippen LogP contribution in [-0.4, -0.2) is 29.8 Å². The number of amidine groups is 2. The van der Waals surface area contributed by atoms with Crippen molar-refractivity contribution >= 4 is 11.7 Å². The van der Waals surface area contributed by atoms with E-state index in [1.54, 1.807) is 22.3 Å². The number of hydrogen-bond acceptors (Lipinski definition) is 3. The van der Waals surface area contributed by atoms with E-state index in [-0.39, 0.29) is 23.4 Å². The highest BCUT2D eigenvalue weighted by Gasteiger charge is 2.60. The van der Waals surface area contributed by atoms with Gasteiger partial charge < -0.3 is 4.90 Å². The fourth-order valence-electron chi connectivity index (χ4n) is 9.82. The molecule has 6 aliphatic carbocycles. The van der Waals surface area contributed by atoms with Gasteiger partial charge in [0.15, 0.2) is 5.84 Å². The minimum Gasteiger partial charge on any atom is -0.340 e. The van der Waals surface area contributed by atoms with Gasteiger partial charge in [0.25, 0.3) is 0 Å². The lowest BCUT2D eigenvalue weighted by molar-refractivity contribution is 0.261. The van der Waals surface area contributed by atoms with Crippen molar-refractivity contribution in [3.63, 3.8) is 0 Å². The maximum absolute atomic E-state index is 5.46. The highest BCUT2D eigenvalue weighted by molar-refractivity contribution is 6.08. The van der Waals surface area contributed by atoms with Gasteiger partial charge in [-0.3, -0.25) is 0 Å². The second kappa shape index (κ2) is 10.4. The molecule has 45 heavy (non-hydrogen) atoms. The van der Waals surface area contributed by atoms with Crippen LogP contribution in [-0.2, 0) is 5.41 Å². The molecule has 2 aromatic rings. The Morgan fingerprint density at radius 3 is 2.56 bits per heavy atom. The predicted molar refractivity (Wildman–Crippen MR) is 185 cm³/mol. The highest BCUT2D eigenvalue weighted by Crippen LogP contribution is 2.68. The molecule has 3 nitrogen and oxygen atoms in total. The molecular weight excluding hydrogens is 546 g/mol. The van der Waals surface area contributed by atoms with Crippen molar-refractivity contribution < 1.29 is 0 Å². The monoisotopic (exact) mass is 587 g/mol. The van der Waals surface area contributed by atoms with Crippen LogP contribution in [0.15, 0.2) is 148 Å². The zero-order chi connectivity index (χ0) is 30.1. The topological polar surface area (TPSA) is 28.0 Å². The van der Waals surface area contributed by atoms with E-state index in [1.165, 1.54) is 17.6 Å². The van der Waals surface area contributed by atoms with Crippen LogP contribution in [0.3, 0.4) is 0 Å². The van der Waals surface area contributed by atoms with Gasteiger partial charge in [0.2, 0.25) is 0 Å². The summed E-state index contributed by atoms with van der Waals surface area (Å²) in [6.45, 7) is 2.42. The highest BCUT2D eigenvalue weighted by atomic mass is 15.3. The number of allylic oxidation sites excluding steroid dienone is 12. The fraction of sp³-hybridized carbons (Fsp3) is 0.333. The van der Waals surface area contributed by atoms with Gasteiger partial charge in [-0.2, -0.15) is 0 Å². The zero-order valence-corrected chi connectivity index (χ0v) is 26.3. The van der Waals surface area contributed by atoms with Gasteiger partial charge in [0.05, 0.1) is 0 Å². The van der Waals surface area contributed by atoms with Crippen LogP contribution in [0, 0.1) is 23.7 Å². The summed E-state index contributed by atoms with van der Waals surface area (Å²) in [7, 11) is 2.23. The standard InChI is InChI=1S/C42H41N3/c1-27-21-23-33-31-17-9-11-19-35(31)42(37(33)25-27)36-20-12-10-18-32(36)34-24-22-30(26-38(34)42)41-44-39(28-13-5-3-6-14-28)43-40(45(41)2)29-15-7-4-8-16-29/h3-11,13-15,17-19,21-24,27,29-30,33,37,41H,12,16,20,25-26H2,1-2H3. The number of rotatable bonds is 3. The fourth-order valence-corrected chi connectivity index (χ4v) is 9.82. The van der Waals surface area contributed by atoms with E-state index >= 15 is 0 Å². The Hall–Kier alpha value is -4.24. The minimum atomic E-state index is -0.0221. The van der Waals surface area contributed by atoms with Crippen LogP contribution in [0.5, 0.6) is 0 Å². The Balaban J connectivity index is 1.17. The van der Waals surface area contributed by atoms with Crippen LogP contribution in [0.2, 0.25) is 0 Å². The molecule has 224 valence electrons. The van der Waals surface area contributed by atoms with Gasteiger partial charge in [-0.15, -0.1) is 0 Å². The van der Waals surface area contributed by atoms with Crippen molar-refractivity contribution in [2.24, 2.45) is 33.7 Å². The molecule has 0 aromatic heterocycles. The molecule has 0 saturated carbocycles. The molecule has 1 heterocycles. The third-order valence-corrected chi connectivity index (χ3v) is 11.7. The van der Waals surface area contributed by atoms with Crippen LogP contribution in [0.1, 0.15) is 61.6 Å². The van der Waals surface area contributed by atoms with Crippen molar-refractivity contribution in [3.8, 4) is 0 Å². The Bertz CT molecular complexity index is 1840. The Morgan fingerprint density at radius 1 is 0.844 bits per heavy atom. The summed E-state index contributed by atoms with van der Waals surface area (Å²) in [4.78, 5) is 13.1. The lowest BCUT2D eigenvalue weighted by Crippen LogP contribution is -2.47. The maximum atomic E-state index is 5.46. The van der Waals surface area contributed by atoms with Gasteiger partial charge >= 0.3 is 0 Å². The Morgan fingerprint density at radius 2 is 1.69 bits per heavy atom. The van der Waals surface area contributed by atoms with E-state index < -0.39 is 0 Å². The van der Waals surface area contributed by atoms with Gasteiger partial charge in [-0.05, 0) is 77.4 Å². The normalized spacial score (nSPS) is 34.1. The molecule has 7 aliphatic rings. The lowest BCUT2D eigenvalue weighted by Gasteiger charge is -2.45. The molecule has 1 aliphatic heterocycles. The first kappa shape index (κ1) is 27.1. The molecule has 9 rings (SSSR count). The predicted octanol–water partition coefficient (Wildman–Crippen LogP) is 9.02. The first-order valence-corrected chi connectivity index (χ1v) is 17.0. The summed E-state index contributed by atoms with van der Waals surface area (Å²) in [5.74, 6) is 4.15. The average Bonchev–Trinajstić information content (AvgIpc) is 3.55. The van der Waals surface area contributed by atoms with Crippen molar-refractivity contribution in [3.05, 3.63) is 154 Å². The quantitative estimate of drug-likeness (QED) is 0.329. The van der Waals surface area contributed by atoms with Crippen molar-refractivity contribution in [1.29, 1.82) is 0 Å². The van der Waals surface area contributed by atoms with E-state index in [1.807, 2.05) is 0 Å². The van der Waals surface area contributed by atoms with E-state index in [0.29, 0.717) is 17.8 Å². The molecule has 0 saturated heterocycles. The first-order valence-electron chi connectivity index (χ1n) is 17.0. The summed E-state index contributed by atoms with van der Waals surface area (Å²) in [6, 6.07) is 20.0. The molecule has 0 fully saturated rings. The van der Waals surface area contributed by atoms with E-state index in [0.717, 1.165) is 42.9 Å². The molecular formula is C42H41N3. The van der Waals surface area contributed by atoms with Gasteiger partial charge in [0, 0.05) is 35.8 Å². The minimum absolute atomic E-state index is 0.0137. The third kappa shape index (κ3) is 3.95. The van der Waals surface area contributed by atoms with Crippen LogP contribution < -0.4 is 0 Å². The van der Waals surface area contributed by atoms with Crippen LogP contribution in [0.25, 0.3) is 0 Å². The second-order valence-corrected chi connectivity index (χ2v) is 14.0. The summed E-state index contributed by atoms with van der Waals surface area (Å²) in [5.41, 5.74) is 10.6. The number of hydrogen-bond donors (Lipinski definition) is 0. The van der Waals surface area contributed by atoms with Crippen LogP contribution >= 0.6 is 0 Å².